The van der Waals surface area contributed by atoms with Gasteiger partial charge in [-0.25, -0.2) is 4.39 Å². The lowest BCUT2D eigenvalue weighted by Crippen LogP contribution is -2.61. The number of rotatable bonds is 1. The molecule has 0 aliphatic carbocycles. The van der Waals surface area contributed by atoms with Gasteiger partial charge >= 0.3 is 0 Å². The number of morpholine rings is 1. The van der Waals surface area contributed by atoms with Gasteiger partial charge in [-0.05, 0) is 61.6 Å². The minimum atomic E-state index is -1.08. The Labute approximate surface area is 187 Å². The van der Waals surface area contributed by atoms with Crippen LogP contribution >= 0.6 is 0 Å². The number of hydrogen-bond donors (Lipinski definition) is 0. The third-order valence-corrected chi connectivity index (χ3v) is 6.23. The van der Waals surface area contributed by atoms with Gasteiger partial charge < -0.3 is 19.3 Å². The summed E-state index contributed by atoms with van der Waals surface area (Å²) in [7, 11) is 1.75. The maximum Gasteiger partial charge on any atom is 0.256 e. The van der Waals surface area contributed by atoms with Crippen LogP contribution in [0.5, 0.6) is 5.75 Å². The second-order valence-corrected chi connectivity index (χ2v) is 8.47. The van der Waals surface area contributed by atoms with E-state index in [1.165, 1.54) is 24.3 Å². The summed E-state index contributed by atoms with van der Waals surface area (Å²) in [6.45, 7) is 1.67. The molecule has 170 valence electrons. The second kappa shape index (κ2) is 9.69. The number of nitrogens with zero attached hydrogens (tertiary/aromatic N) is 2. The van der Waals surface area contributed by atoms with Crippen molar-refractivity contribution < 1.29 is 23.5 Å². The van der Waals surface area contributed by atoms with Crippen LogP contribution in [0.4, 0.5) is 4.39 Å². The fraction of sp³-hybridized carbons (Fsp3) is 0.440. The van der Waals surface area contributed by atoms with Crippen molar-refractivity contribution in [2.45, 2.75) is 31.3 Å². The van der Waals surface area contributed by atoms with Crippen molar-refractivity contribution in [3.63, 3.8) is 0 Å². The Morgan fingerprint density at radius 2 is 1.81 bits per heavy atom. The van der Waals surface area contributed by atoms with Crippen molar-refractivity contribution >= 4 is 11.8 Å². The summed E-state index contributed by atoms with van der Waals surface area (Å²) in [5.41, 5.74) is 0.484. The molecular formula is C25H29FN2O4. The molecule has 0 N–H and O–H groups in total. The maximum atomic E-state index is 13.5. The molecule has 1 fully saturated rings. The van der Waals surface area contributed by atoms with Crippen molar-refractivity contribution in [2.75, 3.05) is 39.9 Å². The molecule has 32 heavy (non-hydrogen) atoms. The fourth-order valence-electron chi connectivity index (χ4n) is 4.44. The van der Waals surface area contributed by atoms with E-state index in [4.69, 9.17) is 9.47 Å². The van der Waals surface area contributed by atoms with Crippen molar-refractivity contribution in [2.24, 2.45) is 0 Å². The third kappa shape index (κ3) is 4.78. The molecule has 0 bridgehead atoms. The van der Waals surface area contributed by atoms with Gasteiger partial charge in [-0.2, -0.15) is 0 Å². The van der Waals surface area contributed by atoms with Gasteiger partial charge in [0, 0.05) is 19.2 Å². The molecule has 6 nitrogen and oxygen atoms in total. The van der Waals surface area contributed by atoms with Crippen molar-refractivity contribution in [3.05, 3.63) is 65.5 Å². The first-order valence-corrected chi connectivity index (χ1v) is 11.1. The lowest BCUT2D eigenvalue weighted by molar-refractivity contribution is -0.169. The molecule has 2 aliphatic heterocycles. The number of benzene rings is 2. The van der Waals surface area contributed by atoms with E-state index in [9.17, 15) is 14.0 Å². The van der Waals surface area contributed by atoms with E-state index in [-0.39, 0.29) is 30.8 Å². The van der Waals surface area contributed by atoms with E-state index in [0.29, 0.717) is 31.7 Å². The molecule has 2 amide bonds. The first-order chi connectivity index (χ1) is 15.5. The highest BCUT2D eigenvalue weighted by atomic mass is 19.1. The summed E-state index contributed by atoms with van der Waals surface area (Å²) < 4.78 is 25.3. The highest BCUT2D eigenvalue weighted by Gasteiger charge is 2.46. The van der Waals surface area contributed by atoms with E-state index >= 15 is 0 Å². The summed E-state index contributed by atoms with van der Waals surface area (Å²) in [4.78, 5) is 29.8. The number of carbonyl (C=O) groups is 2. The third-order valence-electron chi connectivity index (χ3n) is 6.23. The van der Waals surface area contributed by atoms with E-state index in [1.807, 2.05) is 18.2 Å². The Morgan fingerprint density at radius 3 is 2.62 bits per heavy atom. The molecule has 4 rings (SSSR count). The monoisotopic (exact) mass is 440 g/mol. The van der Waals surface area contributed by atoms with Crippen LogP contribution in [0.1, 0.15) is 35.2 Å². The summed E-state index contributed by atoms with van der Waals surface area (Å²) in [6.07, 6.45) is 3.06. The highest BCUT2D eigenvalue weighted by Crippen LogP contribution is 2.29. The molecule has 0 aromatic heterocycles. The zero-order valence-corrected chi connectivity index (χ0v) is 18.4. The van der Waals surface area contributed by atoms with E-state index in [2.05, 4.69) is 6.07 Å². The van der Waals surface area contributed by atoms with Gasteiger partial charge in [0.2, 0.25) is 0 Å². The van der Waals surface area contributed by atoms with Crippen molar-refractivity contribution in [1.82, 2.24) is 9.80 Å². The first kappa shape index (κ1) is 22.3. The topological polar surface area (TPSA) is 59.1 Å². The Kier molecular flexibility index (Phi) is 6.74. The second-order valence-electron chi connectivity index (χ2n) is 8.47. The lowest BCUT2D eigenvalue weighted by Gasteiger charge is -2.43. The molecular weight excluding hydrogens is 411 g/mol. The minimum Gasteiger partial charge on any atom is -0.491 e. The number of fused-ring (bicyclic) bond motifs is 1. The summed E-state index contributed by atoms with van der Waals surface area (Å²) in [5, 5.41) is 0. The van der Waals surface area contributed by atoms with E-state index < -0.39 is 5.60 Å². The van der Waals surface area contributed by atoms with Gasteiger partial charge in [0.25, 0.3) is 11.8 Å². The van der Waals surface area contributed by atoms with Crippen LogP contribution in [-0.4, -0.2) is 67.1 Å². The van der Waals surface area contributed by atoms with E-state index in [1.54, 1.807) is 16.8 Å². The predicted octanol–water partition coefficient (Wildman–Crippen LogP) is 3.30. The Morgan fingerprint density at radius 1 is 1.03 bits per heavy atom. The van der Waals surface area contributed by atoms with Gasteiger partial charge in [-0.1, -0.05) is 18.2 Å². The lowest BCUT2D eigenvalue weighted by atomic mass is 9.91. The van der Waals surface area contributed by atoms with Crippen LogP contribution in [0.15, 0.2) is 48.5 Å². The Hall–Kier alpha value is -2.93. The average Bonchev–Trinajstić information content (AvgIpc) is 2.81. The predicted molar refractivity (Wildman–Crippen MR) is 118 cm³/mol. The van der Waals surface area contributed by atoms with E-state index in [0.717, 1.165) is 30.6 Å². The molecule has 1 spiro atoms. The number of hydrogen-bond acceptors (Lipinski definition) is 4. The SMILES string of the molecule is CN1CCOc2ccccc2CCCCC2(CN(C(=O)c3ccc(F)cc3)CCO2)C1=O. The molecule has 1 unspecified atom stereocenters. The maximum absolute atomic E-state index is 13.5. The molecule has 2 aromatic rings. The molecule has 2 aromatic carbocycles. The number of ether oxygens (including phenoxy) is 2. The van der Waals surface area contributed by atoms with Crippen LogP contribution in [0, 0.1) is 5.82 Å². The van der Waals surface area contributed by atoms with Crippen LogP contribution in [0.3, 0.4) is 0 Å². The quantitative estimate of drug-likeness (QED) is 0.683. The van der Waals surface area contributed by atoms with Crippen LogP contribution in [0.25, 0.3) is 0 Å². The molecule has 1 saturated heterocycles. The van der Waals surface area contributed by atoms with Crippen molar-refractivity contribution in [1.29, 1.82) is 0 Å². The highest BCUT2D eigenvalue weighted by molar-refractivity contribution is 5.95. The summed E-state index contributed by atoms with van der Waals surface area (Å²) in [6, 6.07) is 13.5. The van der Waals surface area contributed by atoms with Gasteiger partial charge in [0.05, 0.1) is 19.7 Å². The minimum absolute atomic E-state index is 0.133. The summed E-state index contributed by atoms with van der Waals surface area (Å²) >= 11 is 0. The largest absolute Gasteiger partial charge is 0.491 e. The Balaban J connectivity index is 1.53. The number of amides is 2. The van der Waals surface area contributed by atoms with Gasteiger partial charge in [0.15, 0.2) is 5.60 Å². The number of para-hydroxylation sites is 1. The molecule has 2 aliphatic rings. The number of carbonyl (C=O) groups excluding carboxylic acids is 2. The zero-order valence-electron chi connectivity index (χ0n) is 18.4. The first-order valence-electron chi connectivity index (χ1n) is 11.1. The van der Waals surface area contributed by atoms with Gasteiger partial charge in [-0.3, -0.25) is 9.59 Å². The molecule has 0 saturated carbocycles. The number of likely N-dealkylation sites (N-methyl/N-ethyl adjacent to an activating group) is 1. The number of halogens is 1. The zero-order chi connectivity index (χ0) is 22.6. The van der Waals surface area contributed by atoms with Gasteiger partial charge in [-0.15, -0.1) is 0 Å². The fourth-order valence-corrected chi connectivity index (χ4v) is 4.44. The summed E-state index contributed by atoms with van der Waals surface area (Å²) in [5.74, 6) is 0.131. The number of aryl methyl sites for hydroxylation is 1. The van der Waals surface area contributed by atoms with Crippen molar-refractivity contribution in [3.8, 4) is 5.75 Å². The average molecular weight is 441 g/mol. The smallest absolute Gasteiger partial charge is 0.256 e. The standard InChI is InChI=1S/C25H29FN2O4/c1-27-14-16-31-22-8-3-2-6-19(22)7-4-5-13-25(24(27)30)18-28(15-17-32-25)23(29)20-9-11-21(26)12-10-20/h2-3,6,8-12H,4-5,7,13-18H2,1H3. The molecule has 0 radical (unpaired) electrons. The normalized spacial score (nSPS) is 22.5. The van der Waals surface area contributed by atoms with Gasteiger partial charge in [0.1, 0.15) is 18.2 Å². The van der Waals surface area contributed by atoms with Crippen LogP contribution < -0.4 is 4.74 Å². The van der Waals surface area contributed by atoms with Crippen LogP contribution in [-0.2, 0) is 16.0 Å². The molecule has 7 heteroatoms. The molecule has 2 heterocycles. The molecule has 1 atom stereocenters. The van der Waals surface area contributed by atoms with Crippen LogP contribution in [0.2, 0.25) is 0 Å². The Bertz CT molecular complexity index is 965.